The van der Waals surface area contributed by atoms with Gasteiger partial charge in [0.1, 0.15) is 17.2 Å². The molecule has 1 aliphatic rings. The summed E-state index contributed by atoms with van der Waals surface area (Å²) in [5.41, 5.74) is 3.49. The predicted molar refractivity (Wildman–Crippen MR) is 130 cm³/mol. The highest BCUT2D eigenvalue weighted by Gasteiger charge is 2.25. The number of anilines is 2. The highest BCUT2D eigenvalue weighted by atomic mass is 16.5. The number of fused-ring (bicyclic) bond motifs is 1. The van der Waals surface area contributed by atoms with Crippen LogP contribution in [0.2, 0.25) is 0 Å². The minimum Gasteiger partial charge on any atom is -0.497 e. The second kappa shape index (κ2) is 9.93. The maximum absolute atomic E-state index is 13.6. The molecule has 1 N–H and O–H groups in total. The van der Waals surface area contributed by atoms with Gasteiger partial charge in [0.2, 0.25) is 0 Å². The van der Waals surface area contributed by atoms with Crippen molar-refractivity contribution in [2.75, 3.05) is 38.7 Å². The molecule has 174 valence electrons. The number of pyridine rings is 2. The van der Waals surface area contributed by atoms with Gasteiger partial charge in [-0.1, -0.05) is 6.07 Å². The summed E-state index contributed by atoms with van der Waals surface area (Å²) in [5.74, 6) is 1.45. The van der Waals surface area contributed by atoms with Crippen molar-refractivity contribution in [3.8, 4) is 5.75 Å². The van der Waals surface area contributed by atoms with E-state index < -0.39 is 0 Å². The fourth-order valence-corrected chi connectivity index (χ4v) is 4.27. The average Bonchev–Trinajstić information content (AvgIpc) is 3.21. The van der Waals surface area contributed by atoms with Gasteiger partial charge in [0.05, 0.1) is 25.9 Å². The highest BCUT2D eigenvalue weighted by Crippen LogP contribution is 2.23. The van der Waals surface area contributed by atoms with Gasteiger partial charge >= 0.3 is 0 Å². The molecule has 8 nitrogen and oxygen atoms in total. The molecule has 34 heavy (non-hydrogen) atoms. The van der Waals surface area contributed by atoms with E-state index in [0.717, 1.165) is 23.5 Å². The van der Waals surface area contributed by atoms with Gasteiger partial charge in [0.25, 0.3) is 5.91 Å². The number of carbonyl (C=O) groups excluding carboxylic acids is 1. The molecule has 4 heterocycles. The summed E-state index contributed by atoms with van der Waals surface area (Å²) in [6.45, 7) is 2.31. The van der Waals surface area contributed by atoms with Crippen molar-refractivity contribution in [3.63, 3.8) is 0 Å². The van der Waals surface area contributed by atoms with E-state index in [4.69, 9.17) is 9.47 Å². The maximum Gasteiger partial charge on any atom is 0.257 e. The monoisotopic (exact) mass is 457 g/mol. The first-order valence-corrected chi connectivity index (χ1v) is 11.3. The molecule has 0 radical (unpaired) electrons. The number of hydrogen-bond acceptors (Lipinski definition) is 6. The topological polar surface area (TPSA) is 81.0 Å². The standard InChI is InChI=1S/C26H27N5O3/c1-33-22-7-5-21(6-8-22)29-25-23(3-2-10-28-25)26(32)31-13-14-34-18-20(17-31)15-19-4-9-24-27-11-12-30(24)16-19/h2-12,16,20H,13-15,17-18H2,1H3,(H,28,29)/t20-/m0/s1. The molecule has 1 saturated heterocycles. The van der Waals surface area contributed by atoms with Gasteiger partial charge in [-0.2, -0.15) is 0 Å². The van der Waals surface area contributed by atoms with Crippen LogP contribution in [0.25, 0.3) is 5.65 Å². The maximum atomic E-state index is 13.6. The molecule has 1 atom stereocenters. The molecule has 0 aliphatic carbocycles. The van der Waals surface area contributed by atoms with Crippen LogP contribution in [-0.2, 0) is 11.2 Å². The number of hydrogen-bond donors (Lipinski definition) is 1. The van der Waals surface area contributed by atoms with Crippen LogP contribution in [0.15, 0.2) is 73.3 Å². The van der Waals surface area contributed by atoms with Crippen LogP contribution in [0.3, 0.4) is 0 Å². The Morgan fingerprint density at radius 3 is 2.88 bits per heavy atom. The molecule has 1 fully saturated rings. The number of imidazole rings is 1. The van der Waals surface area contributed by atoms with Crippen molar-refractivity contribution in [3.05, 3.63) is 84.4 Å². The summed E-state index contributed by atoms with van der Waals surface area (Å²) in [7, 11) is 1.63. The van der Waals surface area contributed by atoms with E-state index >= 15 is 0 Å². The molecule has 0 bridgehead atoms. The lowest BCUT2D eigenvalue weighted by molar-refractivity contribution is 0.0738. The molecule has 1 amide bonds. The first kappa shape index (κ1) is 21.9. The molecular weight excluding hydrogens is 430 g/mol. The molecule has 0 saturated carbocycles. The molecule has 0 unspecified atom stereocenters. The SMILES string of the molecule is COc1ccc(Nc2ncccc2C(=O)N2CCOC[C@@H](Cc3ccc4nccn4c3)C2)cc1. The molecule has 3 aromatic heterocycles. The second-order valence-corrected chi connectivity index (χ2v) is 8.38. The van der Waals surface area contributed by atoms with Gasteiger partial charge < -0.3 is 24.1 Å². The third-order valence-electron chi connectivity index (χ3n) is 5.99. The van der Waals surface area contributed by atoms with Crippen molar-refractivity contribution in [2.24, 2.45) is 5.92 Å². The van der Waals surface area contributed by atoms with E-state index in [0.29, 0.717) is 37.7 Å². The van der Waals surface area contributed by atoms with Crippen LogP contribution in [0.1, 0.15) is 15.9 Å². The van der Waals surface area contributed by atoms with Gasteiger partial charge in [-0.15, -0.1) is 0 Å². The Balaban J connectivity index is 1.32. The predicted octanol–water partition coefficient (Wildman–Crippen LogP) is 3.81. The van der Waals surface area contributed by atoms with Gasteiger partial charge in [0.15, 0.2) is 0 Å². The lowest BCUT2D eigenvalue weighted by Crippen LogP contribution is -2.36. The van der Waals surface area contributed by atoms with Gasteiger partial charge in [-0.05, 0) is 54.4 Å². The molecule has 8 heteroatoms. The third kappa shape index (κ3) is 4.87. The van der Waals surface area contributed by atoms with Gasteiger partial charge in [0, 0.05) is 49.5 Å². The van der Waals surface area contributed by atoms with E-state index in [1.54, 1.807) is 25.6 Å². The summed E-state index contributed by atoms with van der Waals surface area (Å²) in [6.07, 6.45) is 8.33. The summed E-state index contributed by atoms with van der Waals surface area (Å²) < 4.78 is 13.1. The van der Waals surface area contributed by atoms with Crippen LogP contribution in [-0.4, -0.2) is 58.6 Å². The van der Waals surface area contributed by atoms with Crippen LogP contribution < -0.4 is 10.1 Å². The Hall–Kier alpha value is -3.91. The fourth-order valence-electron chi connectivity index (χ4n) is 4.27. The highest BCUT2D eigenvalue weighted by molar-refractivity contribution is 5.99. The van der Waals surface area contributed by atoms with Gasteiger partial charge in [-0.3, -0.25) is 4.79 Å². The summed E-state index contributed by atoms with van der Waals surface area (Å²) >= 11 is 0. The van der Waals surface area contributed by atoms with Crippen LogP contribution in [0, 0.1) is 5.92 Å². The van der Waals surface area contributed by atoms with Crippen LogP contribution in [0.4, 0.5) is 11.5 Å². The Labute approximate surface area is 198 Å². The number of rotatable bonds is 6. The van der Waals surface area contributed by atoms with E-state index in [1.807, 2.05) is 51.9 Å². The van der Waals surface area contributed by atoms with Crippen molar-refractivity contribution >= 4 is 23.1 Å². The summed E-state index contributed by atoms with van der Waals surface area (Å²) in [6, 6.07) is 15.2. The number of ether oxygens (including phenoxy) is 2. The van der Waals surface area contributed by atoms with Crippen molar-refractivity contribution in [1.29, 1.82) is 0 Å². The van der Waals surface area contributed by atoms with E-state index in [-0.39, 0.29) is 11.8 Å². The van der Waals surface area contributed by atoms with Crippen LogP contribution in [0.5, 0.6) is 5.75 Å². The lowest BCUT2D eigenvalue weighted by Gasteiger charge is -2.24. The Bertz CT molecular complexity index is 1270. The average molecular weight is 458 g/mol. The lowest BCUT2D eigenvalue weighted by atomic mass is 10.0. The van der Waals surface area contributed by atoms with Crippen molar-refractivity contribution < 1.29 is 14.3 Å². The first-order chi connectivity index (χ1) is 16.7. The zero-order chi connectivity index (χ0) is 23.3. The Morgan fingerprint density at radius 2 is 2.03 bits per heavy atom. The van der Waals surface area contributed by atoms with E-state index in [1.165, 1.54) is 5.56 Å². The van der Waals surface area contributed by atoms with Gasteiger partial charge in [-0.25, -0.2) is 9.97 Å². The third-order valence-corrected chi connectivity index (χ3v) is 5.99. The Kier molecular flexibility index (Phi) is 6.40. The van der Waals surface area contributed by atoms with E-state index in [2.05, 4.69) is 27.5 Å². The largest absolute Gasteiger partial charge is 0.497 e. The smallest absolute Gasteiger partial charge is 0.257 e. The number of nitrogens with zero attached hydrogens (tertiary/aromatic N) is 4. The number of benzene rings is 1. The molecule has 1 aromatic carbocycles. The number of amides is 1. The first-order valence-electron chi connectivity index (χ1n) is 11.3. The molecule has 0 spiro atoms. The molecule has 5 rings (SSSR count). The number of carbonyl (C=O) groups is 1. The second-order valence-electron chi connectivity index (χ2n) is 8.38. The molecule has 4 aromatic rings. The summed E-state index contributed by atoms with van der Waals surface area (Å²) in [5, 5.41) is 3.27. The molecular formula is C26H27N5O3. The minimum absolute atomic E-state index is 0.0512. The van der Waals surface area contributed by atoms with Crippen molar-refractivity contribution in [2.45, 2.75) is 6.42 Å². The normalized spacial score (nSPS) is 16.3. The molecule has 1 aliphatic heterocycles. The Morgan fingerprint density at radius 1 is 1.15 bits per heavy atom. The number of nitrogens with one attached hydrogen (secondary N) is 1. The number of methoxy groups -OCH3 is 1. The fraction of sp³-hybridized carbons (Fsp3) is 0.269. The zero-order valence-electron chi connectivity index (χ0n) is 19.1. The number of aromatic nitrogens is 3. The van der Waals surface area contributed by atoms with Crippen LogP contribution >= 0.6 is 0 Å². The van der Waals surface area contributed by atoms with E-state index in [9.17, 15) is 4.79 Å². The van der Waals surface area contributed by atoms with Crippen molar-refractivity contribution in [1.82, 2.24) is 19.3 Å². The summed E-state index contributed by atoms with van der Waals surface area (Å²) in [4.78, 5) is 24.2. The zero-order valence-corrected chi connectivity index (χ0v) is 19.1. The quantitative estimate of drug-likeness (QED) is 0.474. The minimum atomic E-state index is -0.0512.